The summed E-state index contributed by atoms with van der Waals surface area (Å²) in [6.07, 6.45) is 3.75. The van der Waals surface area contributed by atoms with E-state index in [4.69, 9.17) is 0 Å². The fourth-order valence-electron chi connectivity index (χ4n) is 1.58. The predicted molar refractivity (Wildman–Crippen MR) is 61.0 cm³/mol. The van der Waals surface area contributed by atoms with E-state index in [1.165, 1.54) is 0 Å². The van der Waals surface area contributed by atoms with Crippen molar-refractivity contribution in [1.82, 2.24) is 19.9 Å². The summed E-state index contributed by atoms with van der Waals surface area (Å²) in [5, 5.41) is 6.39. The van der Waals surface area contributed by atoms with Crippen molar-refractivity contribution in [2.75, 3.05) is 7.05 Å². The number of aryl methyl sites for hydroxylation is 2. The maximum Gasteiger partial charge on any atom is 0.131 e. The van der Waals surface area contributed by atoms with Crippen molar-refractivity contribution in [3.05, 3.63) is 34.3 Å². The summed E-state index contributed by atoms with van der Waals surface area (Å²) in [7, 11) is 3.92. The number of nitrogens with one attached hydrogen (secondary N) is 1. The molecule has 0 amide bonds. The van der Waals surface area contributed by atoms with Gasteiger partial charge in [-0.3, -0.25) is 0 Å². The highest BCUT2D eigenvalue weighted by molar-refractivity contribution is 7.09. The molecule has 80 valence electrons. The Kier molecular flexibility index (Phi) is 2.83. The van der Waals surface area contributed by atoms with Crippen molar-refractivity contribution >= 4 is 11.3 Å². The highest BCUT2D eigenvalue weighted by Gasteiger charge is 2.18. The van der Waals surface area contributed by atoms with Crippen LogP contribution in [0.5, 0.6) is 0 Å². The summed E-state index contributed by atoms with van der Waals surface area (Å²) in [6.45, 7) is 2.01. The minimum Gasteiger partial charge on any atom is -0.336 e. The van der Waals surface area contributed by atoms with Gasteiger partial charge >= 0.3 is 0 Å². The average Bonchev–Trinajstić information content (AvgIpc) is 2.79. The zero-order valence-corrected chi connectivity index (χ0v) is 9.88. The van der Waals surface area contributed by atoms with Crippen molar-refractivity contribution in [3.8, 4) is 0 Å². The molecule has 15 heavy (non-hydrogen) atoms. The van der Waals surface area contributed by atoms with Crippen molar-refractivity contribution in [3.63, 3.8) is 0 Å². The van der Waals surface area contributed by atoms with E-state index in [0.717, 1.165) is 16.5 Å². The molecule has 2 aromatic rings. The molecular formula is C10H14N4S. The van der Waals surface area contributed by atoms with E-state index in [-0.39, 0.29) is 6.04 Å². The van der Waals surface area contributed by atoms with Crippen LogP contribution < -0.4 is 5.32 Å². The maximum atomic E-state index is 4.48. The second kappa shape index (κ2) is 4.12. The topological polar surface area (TPSA) is 42.7 Å². The molecule has 0 aliphatic carbocycles. The first-order valence-corrected chi connectivity index (χ1v) is 5.67. The lowest BCUT2D eigenvalue weighted by atomic mass is 10.2. The molecule has 1 N–H and O–H groups in total. The predicted octanol–water partition coefficient (Wildman–Crippen LogP) is 1.49. The van der Waals surface area contributed by atoms with Crippen molar-refractivity contribution in [1.29, 1.82) is 0 Å². The number of hydrogen-bond acceptors (Lipinski definition) is 4. The fourth-order valence-corrected chi connectivity index (χ4v) is 2.22. The molecule has 2 rings (SSSR count). The van der Waals surface area contributed by atoms with Gasteiger partial charge in [-0.1, -0.05) is 0 Å². The standard InChI is InChI=1S/C10H14N4S/c1-7-13-8(6-15-7)9(11-2)10-12-4-5-14(10)3/h4-6,9,11H,1-3H3. The quantitative estimate of drug-likeness (QED) is 0.855. The van der Waals surface area contributed by atoms with Gasteiger partial charge in [0, 0.05) is 24.8 Å². The van der Waals surface area contributed by atoms with Crippen LogP contribution in [-0.2, 0) is 7.05 Å². The zero-order valence-electron chi connectivity index (χ0n) is 9.06. The van der Waals surface area contributed by atoms with Crippen LogP contribution in [0.3, 0.4) is 0 Å². The molecule has 0 spiro atoms. The summed E-state index contributed by atoms with van der Waals surface area (Å²) in [5.41, 5.74) is 1.04. The Hall–Kier alpha value is -1.20. The van der Waals surface area contributed by atoms with E-state index >= 15 is 0 Å². The normalized spacial score (nSPS) is 13.0. The Labute approximate surface area is 93.0 Å². The first kappa shape index (κ1) is 10.3. The number of rotatable bonds is 3. The fraction of sp³-hybridized carbons (Fsp3) is 0.400. The van der Waals surface area contributed by atoms with Crippen LogP contribution in [0.4, 0.5) is 0 Å². The second-order valence-corrected chi connectivity index (χ2v) is 4.47. The number of imidazole rings is 1. The van der Waals surface area contributed by atoms with E-state index < -0.39 is 0 Å². The largest absolute Gasteiger partial charge is 0.336 e. The third-order valence-corrected chi connectivity index (χ3v) is 3.13. The first-order chi connectivity index (χ1) is 7.22. The minimum atomic E-state index is 0.0787. The van der Waals surface area contributed by atoms with Gasteiger partial charge in [0.1, 0.15) is 11.9 Å². The molecule has 0 aliphatic rings. The molecular weight excluding hydrogens is 208 g/mol. The van der Waals surface area contributed by atoms with Gasteiger partial charge < -0.3 is 9.88 Å². The summed E-state index contributed by atoms with van der Waals surface area (Å²) < 4.78 is 2.01. The third-order valence-electron chi connectivity index (χ3n) is 2.34. The molecule has 0 saturated carbocycles. The molecule has 2 heterocycles. The van der Waals surface area contributed by atoms with E-state index in [1.807, 2.05) is 31.8 Å². The number of nitrogens with zero attached hydrogens (tertiary/aromatic N) is 3. The second-order valence-electron chi connectivity index (χ2n) is 3.41. The van der Waals surface area contributed by atoms with E-state index in [2.05, 4.69) is 20.7 Å². The van der Waals surface area contributed by atoms with Crippen LogP contribution in [0, 0.1) is 6.92 Å². The number of aromatic nitrogens is 3. The highest BCUT2D eigenvalue weighted by atomic mass is 32.1. The van der Waals surface area contributed by atoms with Gasteiger partial charge in [-0.05, 0) is 14.0 Å². The maximum absolute atomic E-state index is 4.48. The Morgan fingerprint density at radius 3 is 2.80 bits per heavy atom. The molecule has 0 bridgehead atoms. The van der Waals surface area contributed by atoms with Crippen LogP contribution in [0.25, 0.3) is 0 Å². The lowest BCUT2D eigenvalue weighted by Crippen LogP contribution is -2.21. The van der Waals surface area contributed by atoms with Crippen LogP contribution in [-0.4, -0.2) is 21.6 Å². The molecule has 0 aromatic carbocycles. The minimum absolute atomic E-state index is 0.0787. The average molecular weight is 222 g/mol. The molecule has 0 radical (unpaired) electrons. The summed E-state index contributed by atoms with van der Waals surface area (Å²) in [5.74, 6) is 0.989. The monoisotopic (exact) mass is 222 g/mol. The molecule has 0 fully saturated rings. The number of hydrogen-bond donors (Lipinski definition) is 1. The molecule has 0 aliphatic heterocycles. The molecule has 1 atom stereocenters. The number of thiazole rings is 1. The van der Waals surface area contributed by atoms with Crippen LogP contribution in [0.2, 0.25) is 0 Å². The van der Waals surface area contributed by atoms with Crippen LogP contribution in [0.1, 0.15) is 22.6 Å². The summed E-state index contributed by atoms with van der Waals surface area (Å²) >= 11 is 1.66. The van der Waals surface area contributed by atoms with Gasteiger partial charge in [0.15, 0.2) is 0 Å². The third kappa shape index (κ3) is 1.93. The molecule has 5 heteroatoms. The molecule has 0 saturated heterocycles. The van der Waals surface area contributed by atoms with Gasteiger partial charge in [0.25, 0.3) is 0 Å². The summed E-state index contributed by atoms with van der Waals surface area (Å²) in [6, 6.07) is 0.0787. The lowest BCUT2D eigenvalue weighted by Gasteiger charge is -2.13. The Balaban J connectivity index is 2.36. The van der Waals surface area contributed by atoms with Gasteiger partial charge in [0.2, 0.25) is 0 Å². The van der Waals surface area contributed by atoms with Crippen molar-refractivity contribution in [2.45, 2.75) is 13.0 Å². The van der Waals surface area contributed by atoms with Gasteiger partial charge in [-0.25, -0.2) is 9.97 Å². The zero-order chi connectivity index (χ0) is 10.8. The lowest BCUT2D eigenvalue weighted by molar-refractivity contribution is 0.605. The van der Waals surface area contributed by atoms with Gasteiger partial charge in [-0.2, -0.15) is 0 Å². The Morgan fingerprint density at radius 2 is 2.33 bits per heavy atom. The van der Waals surface area contributed by atoms with Crippen molar-refractivity contribution < 1.29 is 0 Å². The van der Waals surface area contributed by atoms with Gasteiger partial charge in [-0.15, -0.1) is 11.3 Å². The Morgan fingerprint density at radius 1 is 1.53 bits per heavy atom. The molecule has 2 aromatic heterocycles. The Bertz CT molecular complexity index is 446. The molecule has 4 nitrogen and oxygen atoms in total. The van der Waals surface area contributed by atoms with Gasteiger partial charge in [0.05, 0.1) is 10.7 Å². The van der Waals surface area contributed by atoms with E-state index in [0.29, 0.717) is 0 Å². The smallest absolute Gasteiger partial charge is 0.131 e. The van der Waals surface area contributed by atoms with Crippen LogP contribution >= 0.6 is 11.3 Å². The molecule has 1 unspecified atom stereocenters. The van der Waals surface area contributed by atoms with Crippen molar-refractivity contribution in [2.24, 2.45) is 7.05 Å². The summed E-state index contributed by atoms with van der Waals surface area (Å²) in [4.78, 5) is 8.82. The van der Waals surface area contributed by atoms with E-state index in [9.17, 15) is 0 Å². The van der Waals surface area contributed by atoms with E-state index in [1.54, 1.807) is 17.5 Å². The SMILES string of the molecule is CNC(c1csc(C)n1)c1nccn1C. The highest BCUT2D eigenvalue weighted by Crippen LogP contribution is 2.21. The van der Waals surface area contributed by atoms with Crippen LogP contribution in [0.15, 0.2) is 17.8 Å². The first-order valence-electron chi connectivity index (χ1n) is 4.79.